The summed E-state index contributed by atoms with van der Waals surface area (Å²) >= 11 is 0. The van der Waals surface area contributed by atoms with Gasteiger partial charge in [0.2, 0.25) is 10.0 Å². The van der Waals surface area contributed by atoms with Gasteiger partial charge < -0.3 is 0 Å². The molecule has 0 aliphatic carbocycles. The number of sulfonamides is 1. The lowest BCUT2D eigenvalue weighted by atomic mass is 9.85. The van der Waals surface area contributed by atoms with Crippen LogP contribution in [0.15, 0.2) is 59.5 Å². The largest absolute Gasteiger partial charge is 0.269 e. The number of nitrogens with zero attached hydrogens (tertiary/aromatic N) is 2. The summed E-state index contributed by atoms with van der Waals surface area (Å²) in [6.07, 6.45) is 2.22. The topological polar surface area (TPSA) is 80.5 Å². The van der Waals surface area contributed by atoms with E-state index in [1.54, 1.807) is 4.31 Å². The predicted molar refractivity (Wildman–Crippen MR) is 104 cm³/mol. The van der Waals surface area contributed by atoms with Crippen LogP contribution in [0.3, 0.4) is 0 Å². The van der Waals surface area contributed by atoms with Gasteiger partial charge in [-0.3, -0.25) is 10.1 Å². The minimum atomic E-state index is -3.74. The molecule has 0 aromatic heterocycles. The lowest BCUT2D eigenvalue weighted by molar-refractivity contribution is -0.384. The Hall–Kier alpha value is -2.25. The van der Waals surface area contributed by atoms with Crippen LogP contribution in [-0.4, -0.2) is 29.7 Å². The summed E-state index contributed by atoms with van der Waals surface area (Å²) < 4.78 is 28.4. The summed E-state index contributed by atoms with van der Waals surface area (Å²) in [4.78, 5) is 10.4. The minimum absolute atomic E-state index is 0.105. The van der Waals surface area contributed by atoms with Crippen LogP contribution in [0.4, 0.5) is 5.69 Å². The highest BCUT2D eigenvalue weighted by molar-refractivity contribution is 7.89. The molecule has 1 saturated heterocycles. The van der Waals surface area contributed by atoms with Crippen LogP contribution in [-0.2, 0) is 10.0 Å². The number of nitro groups is 1. The summed E-state index contributed by atoms with van der Waals surface area (Å²) in [6, 6.07) is 15.2. The van der Waals surface area contributed by atoms with Crippen LogP contribution < -0.4 is 0 Å². The zero-order valence-electron chi connectivity index (χ0n) is 15.5. The van der Waals surface area contributed by atoms with Crippen molar-refractivity contribution < 1.29 is 13.3 Å². The molecule has 0 radical (unpaired) electrons. The van der Waals surface area contributed by atoms with E-state index in [4.69, 9.17) is 0 Å². The number of hydrogen-bond donors (Lipinski definition) is 0. The van der Waals surface area contributed by atoms with Crippen molar-refractivity contribution in [2.24, 2.45) is 0 Å². The maximum atomic E-state index is 13.4. The average Bonchev–Trinajstić information content (AvgIpc) is 3.10. The average molecular weight is 388 g/mol. The molecule has 1 atom stereocenters. The number of hydrogen-bond acceptors (Lipinski definition) is 4. The summed E-state index contributed by atoms with van der Waals surface area (Å²) in [5.41, 5.74) is 0.584. The van der Waals surface area contributed by atoms with Crippen LogP contribution >= 0.6 is 0 Å². The molecule has 27 heavy (non-hydrogen) atoms. The molecule has 0 amide bonds. The molecule has 1 fully saturated rings. The molecule has 2 aromatic rings. The second-order valence-electron chi connectivity index (χ2n) is 7.03. The number of rotatable bonds is 6. The quantitative estimate of drug-likeness (QED) is 0.545. The molecule has 7 heteroatoms. The van der Waals surface area contributed by atoms with E-state index in [9.17, 15) is 18.5 Å². The van der Waals surface area contributed by atoms with Crippen molar-refractivity contribution in [3.05, 3.63) is 70.3 Å². The molecule has 1 unspecified atom stereocenters. The first kappa shape index (κ1) is 19.5. The Kier molecular flexibility index (Phi) is 5.35. The maximum absolute atomic E-state index is 13.4. The fourth-order valence-electron chi connectivity index (χ4n) is 4.08. The molecule has 2 aromatic carbocycles. The van der Waals surface area contributed by atoms with Gasteiger partial charge in [0.1, 0.15) is 0 Å². The van der Waals surface area contributed by atoms with E-state index >= 15 is 0 Å². The number of nitro benzene ring substituents is 1. The third-order valence-corrected chi connectivity index (χ3v) is 7.75. The standard InChI is InChI=1S/C20H24N2O4S/c1-3-20(4-2)14-17(16-8-6-5-7-9-16)15-21(20)27(25,26)19-12-10-18(11-13-19)22(23)24/h5-13,17H,3-4,14-15H2,1-2H3. The Labute approximate surface area is 160 Å². The predicted octanol–water partition coefficient (Wildman–Crippen LogP) is 4.33. The lowest BCUT2D eigenvalue weighted by Crippen LogP contribution is -2.46. The summed E-state index contributed by atoms with van der Waals surface area (Å²) in [5.74, 6) is 0.138. The van der Waals surface area contributed by atoms with Crippen LogP contribution in [0.25, 0.3) is 0 Å². The van der Waals surface area contributed by atoms with Gasteiger partial charge in [-0.25, -0.2) is 8.42 Å². The van der Waals surface area contributed by atoms with E-state index < -0.39 is 20.5 Å². The normalized spacial score (nSPS) is 19.9. The second-order valence-corrected chi connectivity index (χ2v) is 8.89. The first-order valence-electron chi connectivity index (χ1n) is 9.16. The molecule has 0 N–H and O–H groups in total. The Balaban J connectivity index is 1.99. The van der Waals surface area contributed by atoms with Gasteiger partial charge in [0.15, 0.2) is 0 Å². The number of benzene rings is 2. The third kappa shape index (κ3) is 3.49. The van der Waals surface area contributed by atoms with E-state index in [1.807, 2.05) is 44.2 Å². The fraction of sp³-hybridized carbons (Fsp3) is 0.400. The van der Waals surface area contributed by atoms with E-state index in [0.29, 0.717) is 6.54 Å². The van der Waals surface area contributed by atoms with Crippen LogP contribution in [0, 0.1) is 10.1 Å². The molecular weight excluding hydrogens is 364 g/mol. The molecule has 1 aliphatic heterocycles. The molecule has 1 heterocycles. The highest BCUT2D eigenvalue weighted by Crippen LogP contribution is 2.45. The summed E-state index contributed by atoms with van der Waals surface area (Å²) in [5, 5.41) is 10.9. The van der Waals surface area contributed by atoms with Gasteiger partial charge in [-0.2, -0.15) is 4.31 Å². The number of non-ortho nitro benzene ring substituents is 1. The maximum Gasteiger partial charge on any atom is 0.269 e. The van der Waals surface area contributed by atoms with E-state index in [0.717, 1.165) is 24.8 Å². The van der Waals surface area contributed by atoms with Gasteiger partial charge in [0, 0.05) is 24.2 Å². The third-order valence-electron chi connectivity index (χ3n) is 5.76. The van der Waals surface area contributed by atoms with Crippen molar-refractivity contribution >= 4 is 15.7 Å². The smallest absolute Gasteiger partial charge is 0.258 e. The Morgan fingerprint density at radius 1 is 1.07 bits per heavy atom. The van der Waals surface area contributed by atoms with Crippen molar-refractivity contribution in [3.8, 4) is 0 Å². The van der Waals surface area contributed by atoms with Gasteiger partial charge in [-0.1, -0.05) is 44.2 Å². The van der Waals surface area contributed by atoms with Crippen molar-refractivity contribution in [3.63, 3.8) is 0 Å². The molecule has 6 nitrogen and oxygen atoms in total. The van der Waals surface area contributed by atoms with Crippen LogP contribution in [0.1, 0.15) is 44.6 Å². The molecule has 0 saturated carbocycles. The highest BCUT2D eigenvalue weighted by atomic mass is 32.2. The summed E-state index contributed by atoms with van der Waals surface area (Å²) in [7, 11) is -3.74. The first-order valence-corrected chi connectivity index (χ1v) is 10.6. The van der Waals surface area contributed by atoms with E-state index in [1.165, 1.54) is 24.3 Å². The van der Waals surface area contributed by atoms with Gasteiger partial charge in [-0.05, 0) is 42.9 Å². The van der Waals surface area contributed by atoms with E-state index in [2.05, 4.69) is 0 Å². The highest BCUT2D eigenvalue weighted by Gasteiger charge is 2.49. The van der Waals surface area contributed by atoms with Crippen molar-refractivity contribution in [2.45, 2.75) is 49.5 Å². The zero-order chi connectivity index (χ0) is 19.7. The zero-order valence-corrected chi connectivity index (χ0v) is 16.4. The molecular formula is C20H24N2O4S. The molecule has 0 spiro atoms. The molecule has 0 bridgehead atoms. The van der Waals surface area contributed by atoms with Gasteiger partial charge in [0.25, 0.3) is 5.69 Å². The first-order chi connectivity index (χ1) is 12.8. The lowest BCUT2D eigenvalue weighted by Gasteiger charge is -2.36. The molecule has 3 rings (SSSR count). The van der Waals surface area contributed by atoms with E-state index in [-0.39, 0.29) is 16.5 Å². The van der Waals surface area contributed by atoms with Crippen molar-refractivity contribution in [2.75, 3.05) is 6.54 Å². The van der Waals surface area contributed by atoms with Gasteiger partial charge in [0.05, 0.1) is 9.82 Å². The van der Waals surface area contributed by atoms with Crippen LogP contribution in [0.5, 0.6) is 0 Å². The van der Waals surface area contributed by atoms with Crippen LogP contribution in [0.2, 0.25) is 0 Å². The second kappa shape index (κ2) is 7.40. The monoisotopic (exact) mass is 388 g/mol. The summed E-state index contributed by atoms with van der Waals surface area (Å²) in [6.45, 7) is 4.47. The van der Waals surface area contributed by atoms with Gasteiger partial charge in [-0.15, -0.1) is 0 Å². The van der Waals surface area contributed by atoms with Crippen molar-refractivity contribution in [1.29, 1.82) is 0 Å². The van der Waals surface area contributed by atoms with Gasteiger partial charge >= 0.3 is 0 Å². The minimum Gasteiger partial charge on any atom is -0.258 e. The fourth-order valence-corrected chi connectivity index (χ4v) is 6.03. The molecule has 1 aliphatic rings. The Bertz CT molecular complexity index is 907. The SMILES string of the molecule is CCC1(CC)CC(c2ccccc2)CN1S(=O)(=O)c1ccc([N+](=O)[O-])cc1. The molecule has 144 valence electrons. The Morgan fingerprint density at radius 2 is 1.67 bits per heavy atom. The Morgan fingerprint density at radius 3 is 2.19 bits per heavy atom. The van der Waals surface area contributed by atoms with Crippen molar-refractivity contribution in [1.82, 2.24) is 4.31 Å².